The van der Waals surface area contributed by atoms with Crippen LogP contribution in [0.2, 0.25) is 0 Å². The molecule has 0 aliphatic heterocycles. The van der Waals surface area contributed by atoms with Gasteiger partial charge in [0.05, 0.1) is 18.4 Å². The van der Waals surface area contributed by atoms with Crippen molar-refractivity contribution in [3.05, 3.63) is 60.4 Å². The number of anilines is 1. The molecular formula is C16H13N7O2. The Balaban J connectivity index is 1.66. The van der Waals surface area contributed by atoms with E-state index in [1.165, 1.54) is 0 Å². The van der Waals surface area contributed by atoms with Crippen LogP contribution >= 0.6 is 0 Å². The number of fused-ring (bicyclic) bond motifs is 1. The molecule has 1 amide bonds. The third-order valence-electron chi connectivity index (χ3n) is 3.54. The topological polar surface area (TPSA) is 124 Å². The Morgan fingerprint density at radius 3 is 2.80 bits per heavy atom. The van der Waals surface area contributed by atoms with Crippen LogP contribution in [0.15, 0.2) is 53.2 Å². The number of hydrogen-bond acceptors (Lipinski definition) is 7. The maximum absolute atomic E-state index is 11.0. The van der Waals surface area contributed by atoms with E-state index in [-0.39, 0.29) is 12.4 Å². The van der Waals surface area contributed by atoms with Crippen molar-refractivity contribution in [1.29, 1.82) is 0 Å². The lowest BCUT2D eigenvalue weighted by Gasteiger charge is -2.09. The van der Waals surface area contributed by atoms with Gasteiger partial charge in [-0.25, -0.2) is 4.98 Å². The van der Waals surface area contributed by atoms with Gasteiger partial charge in [0.25, 0.3) is 0 Å². The molecule has 9 heteroatoms. The first kappa shape index (κ1) is 14.8. The minimum Gasteiger partial charge on any atom is -0.362 e. The van der Waals surface area contributed by atoms with Crippen LogP contribution in [0.3, 0.4) is 0 Å². The van der Waals surface area contributed by atoms with Crippen molar-refractivity contribution >= 4 is 17.4 Å². The van der Waals surface area contributed by atoms with E-state index in [1.54, 1.807) is 10.7 Å². The van der Waals surface area contributed by atoms with Crippen molar-refractivity contribution in [2.75, 3.05) is 5.32 Å². The van der Waals surface area contributed by atoms with Crippen molar-refractivity contribution in [3.63, 3.8) is 0 Å². The fraction of sp³-hybridized carbons (Fsp3) is 0.0625. The molecule has 0 aliphatic carbocycles. The molecule has 0 spiro atoms. The summed E-state index contributed by atoms with van der Waals surface area (Å²) < 4.78 is 6.44. The van der Waals surface area contributed by atoms with Crippen LogP contribution in [0.25, 0.3) is 16.9 Å². The van der Waals surface area contributed by atoms with Gasteiger partial charge < -0.3 is 15.6 Å². The zero-order chi connectivity index (χ0) is 17.2. The minimum absolute atomic E-state index is 0.222. The molecule has 0 fully saturated rings. The standard InChI is InChI=1S/C16H13N7O2/c17-15(24)16-21-12(22-25-16)9-18-14-8-11(10-4-2-1-3-5-10)20-13-6-7-19-23(13)14/h1-8,18H,9H2,(H2,17,24). The monoisotopic (exact) mass is 335 g/mol. The van der Waals surface area contributed by atoms with E-state index in [0.29, 0.717) is 17.3 Å². The largest absolute Gasteiger partial charge is 0.362 e. The predicted octanol–water partition coefficient (Wildman–Crippen LogP) is 1.49. The molecule has 9 nitrogen and oxygen atoms in total. The fourth-order valence-electron chi connectivity index (χ4n) is 2.39. The highest BCUT2D eigenvalue weighted by atomic mass is 16.5. The van der Waals surface area contributed by atoms with Gasteiger partial charge in [-0.15, -0.1) is 0 Å². The lowest BCUT2D eigenvalue weighted by molar-refractivity contribution is 0.0958. The number of benzene rings is 1. The predicted molar refractivity (Wildman–Crippen MR) is 88.6 cm³/mol. The van der Waals surface area contributed by atoms with E-state index in [9.17, 15) is 4.79 Å². The maximum Gasteiger partial charge on any atom is 0.315 e. The molecule has 0 radical (unpaired) electrons. The Morgan fingerprint density at radius 2 is 2.04 bits per heavy atom. The molecule has 0 saturated carbocycles. The molecule has 3 aromatic heterocycles. The summed E-state index contributed by atoms with van der Waals surface area (Å²) in [4.78, 5) is 19.5. The molecule has 3 N–H and O–H groups in total. The summed E-state index contributed by atoms with van der Waals surface area (Å²) in [6.45, 7) is 0.240. The van der Waals surface area contributed by atoms with Crippen LogP contribution in [0, 0.1) is 0 Å². The highest BCUT2D eigenvalue weighted by molar-refractivity contribution is 5.87. The lowest BCUT2D eigenvalue weighted by Crippen LogP contribution is -2.12. The molecule has 0 atom stereocenters. The van der Waals surface area contributed by atoms with E-state index in [1.807, 2.05) is 42.5 Å². The van der Waals surface area contributed by atoms with E-state index in [0.717, 1.165) is 11.3 Å². The quantitative estimate of drug-likeness (QED) is 0.566. The average molecular weight is 335 g/mol. The van der Waals surface area contributed by atoms with Crippen LogP contribution in [0.4, 0.5) is 5.82 Å². The van der Waals surface area contributed by atoms with Gasteiger partial charge in [0.1, 0.15) is 5.82 Å². The fourth-order valence-corrected chi connectivity index (χ4v) is 2.39. The summed E-state index contributed by atoms with van der Waals surface area (Å²) in [5.41, 5.74) is 7.60. The van der Waals surface area contributed by atoms with Gasteiger partial charge in [0, 0.05) is 17.7 Å². The number of nitrogens with two attached hydrogens (primary N) is 1. The first-order valence-corrected chi connectivity index (χ1v) is 7.47. The molecular weight excluding hydrogens is 322 g/mol. The summed E-state index contributed by atoms with van der Waals surface area (Å²) in [5.74, 6) is 0.0377. The molecule has 0 bridgehead atoms. The van der Waals surface area contributed by atoms with Crippen LogP contribution in [-0.2, 0) is 6.54 Å². The number of primary amides is 1. The number of nitrogens with zero attached hydrogens (tertiary/aromatic N) is 5. The second-order valence-electron chi connectivity index (χ2n) is 5.23. The number of carbonyl (C=O) groups excluding carboxylic acids is 1. The maximum atomic E-state index is 11.0. The normalized spacial score (nSPS) is 10.9. The molecule has 4 aromatic rings. The number of carbonyl (C=O) groups is 1. The Morgan fingerprint density at radius 1 is 1.20 bits per heavy atom. The van der Waals surface area contributed by atoms with E-state index in [2.05, 4.69) is 25.5 Å². The third-order valence-corrected chi connectivity index (χ3v) is 3.54. The highest BCUT2D eigenvalue weighted by Gasteiger charge is 2.12. The summed E-state index contributed by atoms with van der Waals surface area (Å²) in [7, 11) is 0. The molecule has 4 rings (SSSR count). The summed E-state index contributed by atoms with van der Waals surface area (Å²) in [6.07, 6.45) is 1.67. The van der Waals surface area contributed by atoms with Crippen molar-refractivity contribution in [2.24, 2.45) is 5.73 Å². The van der Waals surface area contributed by atoms with Crippen molar-refractivity contribution < 1.29 is 9.32 Å². The smallest absolute Gasteiger partial charge is 0.315 e. The molecule has 3 heterocycles. The van der Waals surface area contributed by atoms with Crippen LogP contribution in [-0.4, -0.2) is 30.6 Å². The van der Waals surface area contributed by atoms with Crippen molar-refractivity contribution in [2.45, 2.75) is 6.54 Å². The summed E-state index contributed by atoms with van der Waals surface area (Å²) in [6, 6.07) is 13.5. The van der Waals surface area contributed by atoms with Gasteiger partial charge in [0.15, 0.2) is 11.5 Å². The molecule has 124 valence electrons. The number of rotatable bonds is 5. The number of aromatic nitrogens is 5. The van der Waals surface area contributed by atoms with Crippen molar-refractivity contribution in [1.82, 2.24) is 24.7 Å². The Kier molecular flexibility index (Phi) is 3.58. The Labute approximate surface area is 141 Å². The summed E-state index contributed by atoms with van der Waals surface area (Å²) in [5, 5.41) is 11.1. The van der Waals surface area contributed by atoms with Gasteiger partial charge in [-0.1, -0.05) is 35.5 Å². The second kappa shape index (κ2) is 6.04. The lowest BCUT2D eigenvalue weighted by atomic mass is 10.1. The Bertz CT molecular complexity index is 1040. The van der Waals surface area contributed by atoms with Crippen molar-refractivity contribution in [3.8, 4) is 11.3 Å². The van der Waals surface area contributed by atoms with Gasteiger partial charge in [-0.3, -0.25) is 4.79 Å². The summed E-state index contributed by atoms with van der Waals surface area (Å²) >= 11 is 0. The second-order valence-corrected chi connectivity index (χ2v) is 5.23. The SMILES string of the molecule is NC(=O)c1nc(CNc2cc(-c3ccccc3)nc3ccnn23)no1. The first-order chi connectivity index (χ1) is 12.2. The zero-order valence-corrected chi connectivity index (χ0v) is 13.0. The van der Waals surface area contributed by atoms with Crippen LogP contribution < -0.4 is 11.1 Å². The molecule has 25 heavy (non-hydrogen) atoms. The molecule has 0 saturated heterocycles. The number of amides is 1. The minimum atomic E-state index is -0.761. The van der Waals surface area contributed by atoms with E-state index >= 15 is 0 Å². The Hall–Kier alpha value is -3.75. The number of hydrogen-bond donors (Lipinski definition) is 2. The zero-order valence-electron chi connectivity index (χ0n) is 13.0. The van der Waals surface area contributed by atoms with Gasteiger partial charge >= 0.3 is 11.8 Å². The van der Waals surface area contributed by atoms with Gasteiger partial charge in [-0.05, 0) is 0 Å². The van der Waals surface area contributed by atoms with Gasteiger partial charge in [0.2, 0.25) is 0 Å². The molecule has 0 aliphatic rings. The average Bonchev–Trinajstić information content (AvgIpc) is 3.29. The first-order valence-electron chi connectivity index (χ1n) is 7.47. The van der Waals surface area contributed by atoms with E-state index < -0.39 is 5.91 Å². The molecule has 0 unspecified atom stereocenters. The van der Waals surface area contributed by atoms with Crippen LogP contribution in [0.1, 0.15) is 16.5 Å². The highest BCUT2D eigenvalue weighted by Crippen LogP contribution is 2.22. The van der Waals surface area contributed by atoms with Gasteiger partial charge in [-0.2, -0.15) is 14.6 Å². The molecule has 1 aromatic carbocycles. The van der Waals surface area contributed by atoms with Crippen LogP contribution in [0.5, 0.6) is 0 Å². The van der Waals surface area contributed by atoms with E-state index in [4.69, 9.17) is 10.3 Å². The third kappa shape index (κ3) is 2.90. The number of nitrogens with one attached hydrogen (secondary N) is 1.